The van der Waals surface area contributed by atoms with Crippen LogP contribution in [0.3, 0.4) is 0 Å². The fourth-order valence-electron chi connectivity index (χ4n) is 5.64. The van der Waals surface area contributed by atoms with Gasteiger partial charge in [0, 0.05) is 51.8 Å². The number of urea groups is 1. The molecule has 5 rings (SSSR count). The molecule has 11 heteroatoms. The van der Waals surface area contributed by atoms with Crippen molar-refractivity contribution in [2.75, 3.05) is 32.8 Å². The number of halogens is 3. The predicted molar refractivity (Wildman–Crippen MR) is 108 cm³/mol. The molecule has 0 radical (unpaired) electrons. The van der Waals surface area contributed by atoms with Crippen LogP contribution in [0.15, 0.2) is 23.1 Å². The van der Waals surface area contributed by atoms with Gasteiger partial charge >= 0.3 is 12.2 Å². The number of rotatable bonds is 2. The molecule has 0 unspecified atom stereocenters. The van der Waals surface area contributed by atoms with Gasteiger partial charge in [-0.25, -0.2) is 4.79 Å². The number of likely N-dealkylation sites (tertiary alicyclic amines) is 2. The summed E-state index contributed by atoms with van der Waals surface area (Å²) in [6.45, 7) is 2.58. The lowest BCUT2D eigenvalue weighted by atomic mass is 9.57. The van der Waals surface area contributed by atoms with Crippen molar-refractivity contribution in [3.63, 3.8) is 0 Å². The zero-order valence-electron chi connectivity index (χ0n) is 17.4. The Bertz CT molecular complexity index is 986. The summed E-state index contributed by atoms with van der Waals surface area (Å²) in [5.41, 5.74) is -1.26. The lowest BCUT2D eigenvalue weighted by Crippen LogP contribution is -2.68. The predicted octanol–water partition coefficient (Wildman–Crippen LogP) is 1.53. The number of ether oxygens (including phenoxy) is 1. The van der Waals surface area contributed by atoms with Gasteiger partial charge in [-0.05, 0) is 31.2 Å². The van der Waals surface area contributed by atoms with Crippen LogP contribution in [0.2, 0.25) is 0 Å². The number of carbonyl (C=O) groups excluding carboxylic acids is 2. The first kappa shape index (κ1) is 21.3. The molecule has 1 aromatic rings. The second-order valence-corrected chi connectivity index (χ2v) is 9.58. The van der Waals surface area contributed by atoms with E-state index in [1.165, 1.54) is 0 Å². The molecule has 176 valence electrons. The summed E-state index contributed by atoms with van der Waals surface area (Å²) in [5, 5.41) is 2.89. The molecular formula is C21H27F3N4O4. The van der Waals surface area contributed by atoms with Crippen LogP contribution in [-0.4, -0.2) is 71.2 Å². The molecule has 1 spiro atoms. The molecule has 8 nitrogen and oxygen atoms in total. The Morgan fingerprint density at radius 1 is 1.22 bits per heavy atom. The van der Waals surface area contributed by atoms with E-state index in [1.54, 1.807) is 9.80 Å². The van der Waals surface area contributed by atoms with Crippen LogP contribution in [-0.2, 0) is 22.3 Å². The Morgan fingerprint density at radius 3 is 2.69 bits per heavy atom. The summed E-state index contributed by atoms with van der Waals surface area (Å²) in [4.78, 5) is 39.9. The third-order valence-electron chi connectivity index (χ3n) is 7.13. The number of amides is 3. The minimum Gasteiger partial charge on any atom is -0.366 e. The molecule has 2 atom stereocenters. The SMILES string of the molecule is O=C1CO[C@H]2CCN(C(=O)N3CC4(CC(Cn5cc(C(F)(F)F)ccc5=O)C4)C3)C[C@H]2N1.[HH]. The van der Waals surface area contributed by atoms with Gasteiger partial charge in [0.05, 0.1) is 17.7 Å². The van der Waals surface area contributed by atoms with Gasteiger partial charge in [0.1, 0.15) is 6.61 Å². The van der Waals surface area contributed by atoms with Crippen molar-refractivity contribution in [2.24, 2.45) is 11.3 Å². The van der Waals surface area contributed by atoms with Crippen molar-refractivity contribution in [2.45, 2.75) is 44.1 Å². The van der Waals surface area contributed by atoms with E-state index in [0.717, 1.165) is 35.7 Å². The molecule has 0 bridgehead atoms. The van der Waals surface area contributed by atoms with Gasteiger partial charge in [0.15, 0.2) is 0 Å². The summed E-state index contributed by atoms with van der Waals surface area (Å²) in [7, 11) is 0. The Balaban J connectivity index is 0.00000259. The van der Waals surface area contributed by atoms with Gasteiger partial charge in [-0.2, -0.15) is 13.2 Å². The highest BCUT2D eigenvalue weighted by atomic mass is 19.4. The van der Waals surface area contributed by atoms with Crippen LogP contribution in [0, 0.1) is 11.3 Å². The number of fused-ring (bicyclic) bond motifs is 1. The summed E-state index contributed by atoms with van der Waals surface area (Å²) in [6, 6.07) is 1.54. The molecule has 1 N–H and O–H groups in total. The van der Waals surface area contributed by atoms with Gasteiger partial charge in [0.25, 0.3) is 5.56 Å². The molecular weight excluding hydrogens is 429 g/mol. The summed E-state index contributed by atoms with van der Waals surface area (Å²) in [6.07, 6.45) is -1.38. The van der Waals surface area contributed by atoms with Crippen LogP contribution >= 0.6 is 0 Å². The molecule has 1 aromatic heterocycles. The van der Waals surface area contributed by atoms with Gasteiger partial charge in [-0.1, -0.05) is 0 Å². The fraction of sp³-hybridized carbons (Fsp3) is 0.667. The third-order valence-corrected chi connectivity index (χ3v) is 7.13. The quantitative estimate of drug-likeness (QED) is 0.732. The van der Waals surface area contributed by atoms with E-state index in [9.17, 15) is 27.6 Å². The summed E-state index contributed by atoms with van der Waals surface area (Å²) < 4.78 is 45.4. The van der Waals surface area contributed by atoms with Gasteiger partial charge in [-0.3, -0.25) is 9.59 Å². The monoisotopic (exact) mass is 456 g/mol. The lowest BCUT2D eigenvalue weighted by molar-refractivity contribution is -0.140. The largest absolute Gasteiger partial charge is 0.417 e. The fourth-order valence-corrected chi connectivity index (χ4v) is 5.64. The van der Waals surface area contributed by atoms with Crippen molar-refractivity contribution < 1.29 is 28.9 Å². The molecule has 1 aliphatic carbocycles. The van der Waals surface area contributed by atoms with Crippen molar-refractivity contribution in [1.29, 1.82) is 0 Å². The number of morpholine rings is 1. The van der Waals surface area contributed by atoms with E-state index in [4.69, 9.17) is 4.74 Å². The highest BCUT2D eigenvalue weighted by molar-refractivity contribution is 5.79. The zero-order valence-corrected chi connectivity index (χ0v) is 17.4. The smallest absolute Gasteiger partial charge is 0.366 e. The van der Waals surface area contributed by atoms with Crippen molar-refractivity contribution in [3.8, 4) is 0 Å². The molecule has 4 heterocycles. The second-order valence-electron chi connectivity index (χ2n) is 9.58. The van der Waals surface area contributed by atoms with Crippen molar-refractivity contribution >= 4 is 11.9 Å². The second kappa shape index (κ2) is 7.50. The summed E-state index contributed by atoms with van der Waals surface area (Å²) in [5.74, 6) is -0.0392. The molecule has 4 fully saturated rings. The van der Waals surface area contributed by atoms with Gasteiger partial charge in [-0.15, -0.1) is 0 Å². The van der Waals surface area contributed by atoms with E-state index < -0.39 is 17.3 Å². The molecule has 0 aromatic carbocycles. The molecule has 1 saturated carbocycles. The molecule has 3 aliphatic heterocycles. The van der Waals surface area contributed by atoms with Gasteiger partial charge < -0.3 is 24.4 Å². The average molecular weight is 456 g/mol. The number of nitrogens with one attached hydrogen (secondary N) is 1. The number of pyridine rings is 1. The first-order valence-electron chi connectivity index (χ1n) is 10.8. The maximum Gasteiger partial charge on any atom is 0.417 e. The van der Waals surface area contributed by atoms with Crippen LogP contribution in [0.4, 0.5) is 18.0 Å². The Morgan fingerprint density at radius 2 is 1.97 bits per heavy atom. The minimum absolute atomic E-state index is 0. The van der Waals surface area contributed by atoms with E-state index in [1.807, 2.05) is 0 Å². The van der Waals surface area contributed by atoms with Crippen LogP contribution in [0.1, 0.15) is 26.3 Å². The highest BCUT2D eigenvalue weighted by Gasteiger charge is 2.54. The van der Waals surface area contributed by atoms with Crippen molar-refractivity contribution in [3.05, 3.63) is 34.2 Å². The van der Waals surface area contributed by atoms with Crippen LogP contribution < -0.4 is 10.9 Å². The van der Waals surface area contributed by atoms with Crippen LogP contribution in [0.5, 0.6) is 0 Å². The summed E-state index contributed by atoms with van der Waals surface area (Å²) >= 11 is 0. The first-order chi connectivity index (χ1) is 15.1. The van der Waals surface area contributed by atoms with E-state index in [-0.39, 0.29) is 50.0 Å². The number of hydrogen-bond donors (Lipinski definition) is 1. The van der Waals surface area contributed by atoms with Crippen LogP contribution in [0.25, 0.3) is 0 Å². The van der Waals surface area contributed by atoms with Crippen molar-refractivity contribution in [1.82, 2.24) is 19.7 Å². The zero-order chi connectivity index (χ0) is 22.7. The molecule has 3 saturated heterocycles. The number of alkyl halides is 3. The molecule has 32 heavy (non-hydrogen) atoms. The number of piperidine rings is 1. The maximum atomic E-state index is 12.9. The standard InChI is InChI=1S/C21H25F3N4O4.H2/c22-21(23,24)14-1-2-18(30)27(8-14)7-13-5-20(6-13)11-28(12-20)19(31)26-4-3-16-15(9-26)25-17(29)10-32-16;/h1-2,8,13,15-16H,3-7,9-12H2,(H,25,29);1H/t15-,16+;/m1./s1. The molecule has 3 amide bonds. The Labute approximate surface area is 183 Å². The number of hydrogen-bond acceptors (Lipinski definition) is 4. The average Bonchev–Trinajstić information content (AvgIpc) is 2.68. The highest BCUT2D eigenvalue weighted by Crippen LogP contribution is 2.52. The maximum absolute atomic E-state index is 12.9. The first-order valence-corrected chi connectivity index (χ1v) is 10.8. The van der Waals surface area contributed by atoms with E-state index in [0.29, 0.717) is 32.6 Å². The van der Waals surface area contributed by atoms with E-state index >= 15 is 0 Å². The Kier molecular flexibility index (Phi) is 4.99. The van der Waals surface area contributed by atoms with Gasteiger partial charge in [0.2, 0.25) is 5.91 Å². The normalized spacial score (nSPS) is 27.4. The number of nitrogens with zero attached hydrogens (tertiary/aromatic N) is 3. The number of carbonyl (C=O) groups is 2. The van der Waals surface area contributed by atoms with E-state index in [2.05, 4.69) is 5.32 Å². The Hall–Kier alpha value is -2.56. The molecule has 4 aliphatic rings. The lowest BCUT2D eigenvalue weighted by Gasteiger charge is -2.60. The topological polar surface area (TPSA) is 83.9 Å². The third kappa shape index (κ3) is 3.87. The minimum atomic E-state index is -4.48. The number of aromatic nitrogens is 1.